The number of aliphatic hydroxyl groups is 1. The van der Waals surface area contributed by atoms with E-state index in [2.05, 4.69) is 0 Å². The molecule has 2 nitrogen and oxygen atoms in total. The van der Waals surface area contributed by atoms with Gasteiger partial charge in [-0.05, 0) is 5.94 Å². The van der Waals surface area contributed by atoms with Crippen LogP contribution in [0.5, 0.6) is 0 Å². The van der Waals surface area contributed by atoms with E-state index in [9.17, 15) is 0 Å². The summed E-state index contributed by atoms with van der Waals surface area (Å²) in [5, 5.41) is 8.50. The molecule has 0 aliphatic heterocycles. The molecule has 0 aromatic heterocycles. The predicted molar refractivity (Wildman–Crippen MR) is 31.1 cm³/mol. The number of hydrogen-bond donors (Lipinski definition) is 2. The van der Waals surface area contributed by atoms with Gasteiger partial charge in [0.2, 0.25) is 0 Å². The van der Waals surface area contributed by atoms with Crippen molar-refractivity contribution >= 4 is 15.7 Å². The van der Waals surface area contributed by atoms with Crippen LogP contribution in [0.3, 0.4) is 0 Å². The summed E-state index contributed by atoms with van der Waals surface area (Å²) < 4.78 is 0. The molecule has 4 heteroatoms. The Balaban J connectivity index is 2.99. The SMILES string of the molecule is BC(N)C(B)O. The van der Waals surface area contributed by atoms with Gasteiger partial charge in [-0.2, -0.15) is 0 Å². The normalized spacial score (nSPS) is 19.7. The molecule has 3 N–H and O–H groups in total. The highest BCUT2D eigenvalue weighted by Crippen LogP contribution is 1.71. The zero-order chi connectivity index (χ0) is 5.15. The van der Waals surface area contributed by atoms with E-state index >= 15 is 0 Å². The summed E-state index contributed by atoms with van der Waals surface area (Å²) >= 11 is 0. The largest absolute Gasteiger partial charge is 0.401 e. The van der Waals surface area contributed by atoms with Gasteiger partial charge < -0.3 is 10.8 Å². The van der Waals surface area contributed by atoms with Crippen LogP contribution in [0.2, 0.25) is 0 Å². The van der Waals surface area contributed by atoms with Gasteiger partial charge in [0.15, 0.2) is 0 Å². The molecule has 0 fully saturated rings. The van der Waals surface area contributed by atoms with E-state index in [1.807, 2.05) is 0 Å². The zero-order valence-corrected chi connectivity index (χ0v) is 4.18. The summed E-state index contributed by atoms with van der Waals surface area (Å²) in [6, 6.07) is -0.370. The maximum Gasteiger partial charge on any atom is 0.139 e. The van der Waals surface area contributed by atoms with E-state index in [0.29, 0.717) is 0 Å². The van der Waals surface area contributed by atoms with Gasteiger partial charge >= 0.3 is 0 Å². The fourth-order valence-corrected chi connectivity index (χ4v) is 0. The van der Waals surface area contributed by atoms with Gasteiger partial charge in [0.05, 0.1) is 0 Å². The Morgan fingerprint density at radius 2 is 1.67 bits per heavy atom. The predicted octanol–water partition coefficient (Wildman–Crippen LogP) is -3.14. The second kappa shape index (κ2) is 2.26. The highest BCUT2D eigenvalue weighted by Gasteiger charge is 1.98. The van der Waals surface area contributed by atoms with E-state index in [0.717, 1.165) is 0 Å². The van der Waals surface area contributed by atoms with Crippen molar-refractivity contribution in [2.75, 3.05) is 0 Å². The molecule has 34 valence electrons. The second-order valence-corrected chi connectivity index (χ2v) is 1.60. The van der Waals surface area contributed by atoms with Gasteiger partial charge in [0.25, 0.3) is 0 Å². The van der Waals surface area contributed by atoms with Crippen LogP contribution in [0.15, 0.2) is 0 Å². The summed E-state index contributed by atoms with van der Waals surface area (Å²) in [7, 11) is 3.44. The van der Waals surface area contributed by atoms with Gasteiger partial charge in [-0.25, -0.2) is 0 Å². The molecule has 0 bridgehead atoms. The smallest absolute Gasteiger partial charge is 0.139 e. The van der Waals surface area contributed by atoms with E-state index < -0.39 is 0 Å². The summed E-state index contributed by atoms with van der Waals surface area (Å²) in [6.07, 6.45) is 0. The molecule has 0 saturated heterocycles. The third-order valence-corrected chi connectivity index (χ3v) is 0.761. The monoisotopic (exact) mass is 85.1 g/mol. The molecule has 0 aromatic rings. The zero-order valence-electron chi connectivity index (χ0n) is 4.18. The Kier molecular flexibility index (Phi) is 2.28. The molecule has 0 heterocycles. The third kappa shape index (κ3) is 2.30. The number of hydrogen-bond acceptors (Lipinski definition) is 2. The molecule has 0 radical (unpaired) electrons. The second-order valence-electron chi connectivity index (χ2n) is 1.60. The van der Waals surface area contributed by atoms with Crippen molar-refractivity contribution in [2.45, 2.75) is 11.9 Å². The Morgan fingerprint density at radius 3 is 1.67 bits per heavy atom. The van der Waals surface area contributed by atoms with Crippen molar-refractivity contribution in [1.82, 2.24) is 0 Å². The molecule has 2 unspecified atom stereocenters. The average molecular weight is 84.7 g/mol. The quantitative estimate of drug-likeness (QED) is 0.330. The molecule has 0 aromatic carbocycles. The van der Waals surface area contributed by atoms with Crippen LogP contribution in [0.25, 0.3) is 0 Å². The van der Waals surface area contributed by atoms with Crippen molar-refractivity contribution in [3.63, 3.8) is 0 Å². The minimum atomic E-state index is -0.370. The van der Waals surface area contributed by atoms with E-state index in [4.69, 9.17) is 10.8 Å². The van der Waals surface area contributed by atoms with E-state index in [1.54, 1.807) is 15.7 Å². The number of aliphatic hydroxyl groups excluding tert-OH is 1. The van der Waals surface area contributed by atoms with Crippen molar-refractivity contribution in [3.8, 4) is 0 Å². The van der Waals surface area contributed by atoms with Gasteiger partial charge in [-0.1, -0.05) is 0 Å². The third-order valence-electron chi connectivity index (χ3n) is 0.761. The Bertz CT molecular complexity index is 32.5. The van der Waals surface area contributed by atoms with Crippen LogP contribution in [0, 0.1) is 0 Å². The minimum Gasteiger partial charge on any atom is -0.401 e. The van der Waals surface area contributed by atoms with Crippen LogP contribution >= 0.6 is 0 Å². The highest BCUT2D eigenvalue weighted by molar-refractivity contribution is 6.20. The van der Waals surface area contributed by atoms with E-state index in [1.165, 1.54) is 0 Å². The average Bonchev–Trinajstić information content (AvgIpc) is 1.36. The minimum absolute atomic E-state index is 0.0926. The first-order valence-corrected chi connectivity index (χ1v) is 2.08. The first-order chi connectivity index (χ1) is 2.64. The van der Waals surface area contributed by atoms with Crippen molar-refractivity contribution in [2.24, 2.45) is 5.73 Å². The number of rotatable bonds is 1. The molecular weight excluding hydrogens is 75.7 g/mol. The maximum atomic E-state index is 8.50. The highest BCUT2D eigenvalue weighted by atomic mass is 16.3. The molecular formula is C2H9B2NO. The first-order valence-electron chi connectivity index (χ1n) is 2.08. The summed E-state index contributed by atoms with van der Waals surface area (Å²) in [4.78, 5) is 0. The Morgan fingerprint density at radius 1 is 1.50 bits per heavy atom. The van der Waals surface area contributed by atoms with Crippen LogP contribution in [0.4, 0.5) is 0 Å². The van der Waals surface area contributed by atoms with Crippen LogP contribution < -0.4 is 5.73 Å². The summed E-state index contributed by atoms with van der Waals surface area (Å²) in [5.74, 6) is -0.0926. The fraction of sp³-hybridized carbons (Fsp3) is 1.00. The van der Waals surface area contributed by atoms with Gasteiger partial charge in [0.1, 0.15) is 15.7 Å². The van der Waals surface area contributed by atoms with Crippen molar-refractivity contribution in [3.05, 3.63) is 0 Å². The Hall–Kier alpha value is 0.0499. The molecule has 0 spiro atoms. The molecule has 0 aliphatic rings. The lowest BCUT2D eigenvalue weighted by atomic mass is 9.81. The lowest BCUT2D eigenvalue weighted by Gasteiger charge is -2.04. The standard InChI is InChI=1S/C2H9B2NO/c3-1(5)2(4)6/h1-2,6H,3-5H2. The fourth-order valence-electron chi connectivity index (χ4n) is 0. The molecule has 0 rings (SSSR count). The van der Waals surface area contributed by atoms with Crippen LogP contribution in [-0.4, -0.2) is 32.7 Å². The van der Waals surface area contributed by atoms with Gasteiger partial charge in [0, 0.05) is 6.00 Å². The molecule has 0 amide bonds. The lowest BCUT2D eigenvalue weighted by molar-refractivity contribution is 0.251. The first kappa shape index (κ1) is 6.05. The lowest BCUT2D eigenvalue weighted by Crippen LogP contribution is -2.34. The maximum absolute atomic E-state index is 8.50. The van der Waals surface area contributed by atoms with Gasteiger partial charge in [-0.3, -0.25) is 0 Å². The topological polar surface area (TPSA) is 46.2 Å². The van der Waals surface area contributed by atoms with Crippen molar-refractivity contribution < 1.29 is 5.11 Å². The molecule has 0 saturated carbocycles. The molecule has 0 aliphatic carbocycles. The van der Waals surface area contributed by atoms with E-state index in [-0.39, 0.29) is 11.9 Å². The van der Waals surface area contributed by atoms with Gasteiger partial charge in [-0.15, -0.1) is 0 Å². The Labute approximate surface area is 39.5 Å². The number of nitrogens with two attached hydrogens (primary N) is 1. The van der Waals surface area contributed by atoms with Crippen molar-refractivity contribution in [1.29, 1.82) is 0 Å². The summed E-state index contributed by atoms with van der Waals surface area (Å²) in [5.41, 5.74) is 5.19. The molecule has 6 heavy (non-hydrogen) atoms. The van der Waals surface area contributed by atoms with Crippen LogP contribution in [0.1, 0.15) is 0 Å². The summed E-state index contributed by atoms with van der Waals surface area (Å²) in [6.45, 7) is 0. The van der Waals surface area contributed by atoms with Crippen LogP contribution in [-0.2, 0) is 0 Å². The molecule has 2 atom stereocenters.